The number of carbonyl (C=O) groups excluding carboxylic acids is 1. The van der Waals surface area contributed by atoms with Crippen molar-refractivity contribution in [3.05, 3.63) is 88.3 Å². The Bertz CT molecular complexity index is 845. The largest absolute Gasteiger partial charge is 0.489 e. The molecule has 0 saturated carbocycles. The van der Waals surface area contributed by atoms with Gasteiger partial charge in [0.15, 0.2) is 5.76 Å². The molecule has 1 atom stereocenters. The summed E-state index contributed by atoms with van der Waals surface area (Å²) in [6.45, 7) is 2.21. The van der Waals surface area contributed by atoms with Gasteiger partial charge in [-0.2, -0.15) is 0 Å². The number of furan rings is 1. The van der Waals surface area contributed by atoms with Crippen LogP contribution in [0.1, 0.15) is 34.6 Å². The van der Waals surface area contributed by atoms with E-state index < -0.39 is 0 Å². The van der Waals surface area contributed by atoms with Crippen LogP contribution in [0.15, 0.2) is 75.8 Å². The predicted octanol–water partition coefficient (Wildman–Crippen LogP) is 5.11. The second kappa shape index (κ2) is 8.03. The fraction of sp³-hybridized carbons (Fsp3) is 0.150. The third-order valence-corrected chi connectivity index (χ3v) is 4.28. The number of hydrogen-bond acceptors (Lipinski definition) is 3. The second-order valence-corrected chi connectivity index (χ2v) is 6.54. The van der Waals surface area contributed by atoms with Gasteiger partial charge in [0.05, 0.1) is 12.3 Å². The molecule has 0 saturated heterocycles. The topological polar surface area (TPSA) is 51.5 Å². The van der Waals surface area contributed by atoms with Crippen molar-refractivity contribution in [1.82, 2.24) is 5.32 Å². The molecule has 2 aromatic carbocycles. The summed E-state index contributed by atoms with van der Waals surface area (Å²) in [5.74, 6) is 0.763. The molecule has 0 fully saturated rings. The minimum absolute atomic E-state index is 0.141. The van der Waals surface area contributed by atoms with Crippen molar-refractivity contribution in [2.75, 3.05) is 0 Å². The molecular weight excluding hydrogens is 382 g/mol. The highest BCUT2D eigenvalue weighted by atomic mass is 79.9. The molecule has 0 radical (unpaired) electrons. The summed E-state index contributed by atoms with van der Waals surface area (Å²) in [7, 11) is 0. The van der Waals surface area contributed by atoms with Gasteiger partial charge in [0.25, 0.3) is 5.91 Å². The molecule has 0 aliphatic heterocycles. The Balaban J connectivity index is 1.66. The van der Waals surface area contributed by atoms with Crippen LogP contribution in [-0.2, 0) is 6.61 Å². The fourth-order valence-electron chi connectivity index (χ4n) is 2.45. The molecule has 0 aliphatic carbocycles. The molecule has 1 N–H and O–H groups in total. The lowest BCUT2D eigenvalue weighted by Gasteiger charge is -2.14. The molecule has 1 heterocycles. The number of ether oxygens (including phenoxy) is 1. The van der Waals surface area contributed by atoms with Gasteiger partial charge in [-0.3, -0.25) is 4.79 Å². The summed E-state index contributed by atoms with van der Waals surface area (Å²) in [5, 5.41) is 2.96. The number of para-hydroxylation sites is 1. The van der Waals surface area contributed by atoms with Gasteiger partial charge in [0.1, 0.15) is 12.4 Å². The predicted molar refractivity (Wildman–Crippen MR) is 99.5 cm³/mol. The van der Waals surface area contributed by atoms with Crippen LogP contribution in [-0.4, -0.2) is 5.91 Å². The van der Waals surface area contributed by atoms with E-state index in [1.54, 1.807) is 6.07 Å². The molecule has 128 valence electrons. The Labute approximate surface area is 154 Å². The maximum Gasteiger partial charge on any atom is 0.287 e. The Hall–Kier alpha value is -2.53. The van der Waals surface area contributed by atoms with E-state index in [2.05, 4.69) is 21.2 Å². The number of hydrogen-bond donors (Lipinski definition) is 1. The zero-order chi connectivity index (χ0) is 17.6. The van der Waals surface area contributed by atoms with Crippen molar-refractivity contribution < 1.29 is 13.9 Å². The lowest BCUT2D eigenvalue weighted by Crippen LogP contribution is -2.27. The Morgan fingerprint density at radius 3 is 2.72 bits per heavy atom. The summed E-state index contributed by atoms with van der Waals surface area (Å²) >= 11 is 3.44. The van der Waals surface area contributed by atoms with E-state index >= 15 is 0 Å². The smallest absolute Gasteiger partial charge is 0.287 e. The minimum atomic E-state index is -0.260. The van der Waals surface area contributed by atoms with Gasteiger partial charge in [-0.05, 0) is 42.8 Å². The first kappa shape index (κ1) is 17.3. The van der Waals surface area contributed by atoms with E-state index in [4.69, 9.17) is 9.15 Å². The van der Waals surface area contributed by atoms with Crippen LogP contribution in [0.3, 0.4) is 0 Å². The molecule has 1 unspecified atom stereocenters. The third kappa shape index (κ3) is 4.51. The molecular formula is C20H18BrNO3. The second-order valence-electron chi connectivity index (χ2n) is 5.63. The SMILES string of the molecule is CC(NC(=O)c1occc1COc1ccccc1)c1cccc(Br)c1. The third-order valence-electron chi connectivity index (χ3n) is 3.79. The van der Waals surface area contributed by atoms with Crippen LogP contribution < -0.4 is 10.1 Å². The van der Waals surface area contributed by atoms with Gasteiger partial charge in [0, 0.05) is 10.0 Å². The lowest BCUT2D eigenvalue weighted by molar-refractivity contribution is 0.0908. The monoisotopic (exact) mass is 399 g/mol. The molecule has 1 aromatic heterocycles. The molecule has 0 spiro atoms. The highest BCUT2D eigenvalue weighted by molar-refractivity contribution is 9.10. The Morgan fingerprint density at radius 2 is 1.96 bits per heavy atom. The zero-order valence-corrected chi connectivity index (χ0v) is 15.3. The minimum Gasteiger partial charge on any atom is -0.489 e. The number of benzene rings is 2. The van der Waals surface area contributed by atoms with E-state index in [0.29, 0.717) is 5.56 Å². The van der Waals surface area contributed by atoms with Crippen LogP contribution in [0.5, 0.6) is 5.75 Å². The zero-order valence-electron chi connectivity index (χ0n) is 13.7. The average Bonchev–Trinajstić information content (AvgIpc) is 3.09. The summed E-state index contributed by atoms with van der Waals surface area (Å²) in [6, 6.07) is 18.9. The van der Waals surface area contributed by atoms with Gasteiger partial charge >= 0.3 is 0 Å². The number of rotatable bonds is 6. The maximum atomic E-state index is 12.5. The number of nitrogens with one attached hydrogen (secondary N) is 1. The van der Waals surface area contributed by atoms with Crippen LogP contribution in [0.4, 0.5) is 0 Å². The summed E-state index contributed by atoms with van der Waals surface area (Å²) in [4.78, 5) is 12.5. The van der Waals surface area contributed by atoms with Crippen molar-refractivity contribution in [2.45, 2.75) is 19.6 Å². The van der Waals surface area contributed by atoms with Crippen molar-refractivity contribution in [1.29, 1.82) is 0 Å². The molecule has 3 rings (SSSR count). The van der Waals surface area contributed by atoms with Crippen LogP contribution in [0.2, 0.25) is 0 Å². The molecule has 5 heteroatoms. The van der Waals surface area contributed by atoms with Gasteiger partial charge < -0.3 is 14.5 Å². The standard InChI is InChI=1S/C20H18BrNO3/c1-14(15-6-5-7-17(21)12-15)22-20(23)19-16(10-11-24-19)13-25-18-8-3-2-4-9-18/h2-12,14H,13H2,1H3,(H,22,23). The van der Waals surface area contributed by atoms with Crippen molar-refractivity contribution in [2.24, 2.45) is 0 Å². The van der Waals surface area contributed by atoms with E-state index in [1.165, 1.54) is 6.26 Å². The van der Waals surface area contributed by atoms with E-state index in [-0.39, 0.29) is 24.3 Å². The average molecular weight is 400 g/mol. The fourth-order valence-corrected chi connectivity index (χ4v) is 2.86. The van der Waals surface area contributed by atoms with Crippen molar-refractivity contribution in [3.8, 4) is 5.75 Å². The Kier molecular flexibility index (Phi) is 5.56. The molecule has 0 aliphatic rings. The molecule has 0 bridgehead atoms. The first-order valence-electron chi connectivity index (χ1n) is 7.94. The Morgan fingerprint density at radius 1 is 1.16 bits per heavy atom. The van der Waals surface area contributed by atoms with E-state index in [9.17, 15) is 4.79 Å². The van der Waals surface area contributed by atoms with E-state index in [1.807, 2.05) is 61.5 Å². The highest BCUT2D eigenvalue weighted by Crippen LogP contribution is 2.20. The highest BCUT2D eigenvalue weighted by Gasteiger charge is 2.18. The molecule has 3 aromatic rings. The number of carbonyl (C=O) groups is 1. The van der Waals surface area contributed by atoms with Crippen LogP contribution in [0.25, 0.3) is 0 Å². The molecule has 25 heavy (non-hydrogen) atoms. The summed E-state index contributed by atoms with van der Waals surface area (Å²) in [5.41, 5.74) is 1.72. The quantitative estimate of drug-likeness (QED) is 0.626. The van der Waals surface area contributed by atoms with Crippen LogP contribution in [0, 0.1) is 0 Å². The van der Waals surface area contributed by atoms with Gasteiger partial charge in [-0.25, -0.2) is 0 Å². The molecule has 4 nitrogen and oxygen atoms in total. The van der Waals surface area contributed by atoms with Gasteiger partial charge in [-0.1, -0.05) is 46.3 Å². The summed E-state index contributed by atoms with van der Waals surface area (Å²) < 4.78 is 12.0. The summed E-state index contributed by atoms with van der Waals surface area (Å²) in [6.07, 6.45) is 1.50. The normalized spacial score (nSPS) is 11.8. The van der Waals surface area contributed by atoms with Crippen molar-refractivity contribution in [3.63, 3.8) is 0 Å². The van der Waals surface area contributed by atoms with Crippen LogP contribution >= 0.6 is 15.9 Å². The van der Waals surface area contributed by atoms with Gasteiger partial charge in [-0.15, -0.1) is 0 Å². The maximum absolute atomic E-state index is 12.5. The van der Waals surface area contributed by atoms with E-state index in [0.717, 1.165) is 15.8 Å². The first-order valence-corrected chi connectivity index (χ1v) is 8.73. The number of halogens is 1. The lowest BCUT2D eigenvalue weighted by atomic mass is 10.1. The number of amides is 1. The van der Waals surface area contributed by atoms with Crippen molar-refractivity contribution >= 4 is 21.8 Å². The first-order chi connectivity index (χ1) is 12.1. The van der Waals surface area contributed by atoms with Gasteiger partial charge in [0.2, 0.25) is 0 Å². The molecule has 1 amide bonds.